The monoisotopic (exact) mass is 422 g/mol. The summed E-state index contributed by atoms with van der Waals surface area (Å²) in [7, 11) is 0. The van der Waals surface area contributed by atoms with Crippen molar-refractivity contribution in [2.75, 3.05) is 6.61 Å². The maximum Gasteiger partial charge on any atom is 0.383 e. The minimum Gasteiger partial charge on any atom is -0.492 e. The number of fused-ring (bicyclic) bond motifs is 1. The normalized spacial score (nSPS) is 10.9. The van der Waals surface area contributed by atoms with Crippen molar-refractivity contribution in [3.05, 3.63) is 76.7 Å². The van der Waals surface area contributed by atoms with Crippen molar-refractivity contribution in [3.63, 3.8) is 0 Å². The van der Waals surface area contributed by atoms with E-state index in [1.165, 1.54) is 6.07 Å². The Morgan fingerprint density at radius 1 is 0.968 bits per heavy atom. The lowest BCUT2D eigenvalue weighted by Gasteiger charge is -2.14. The lowest BCUT2D eigenvalue weighted by molar-refractivity contribution is -0.132. The molecule has 0 atom stereocenters. The van der Waals surface area contributed by atoms with Gasteiger partial charge in [-0.3, -0.25) is 4.79 Å². The first-order valence-corrected chi connectivity index (χ1v) is 9.84. The SMILES string of the molecule is CCC=CCCOc1cccc2oc(=O)c(OC(C)=O)c(OC(=O)c3ccccc3)c12. The van der Waals surface area contributed by atoms with Crippen molar-refractivity contribution in [2.45, 2.75) is 26.7 Å². The van der Waals surface area contributed by atoms with Gasteiger partial charge in [0.25, 0.3) is 5.75 Å². The number of rotatable bonds is 8. The van der Waals surface area contributed by atoms with Crippen molar-refractivity contribution in [1.82, 2.24) is 0 Å². The van der Waals surface area contributed by atoms with E-state index in [0.717, 1.165) is 13.3 Å². The summed E-state index contributed by atoms with van der Waals surface area (Å²) >= 11 is 0. The second kappa shape index (κ2) is 10.2. The number of benzene rings is 2. The van der Waals surface area contributed by atoms with Gasteiger partial charge >= 0.3 is 17.6 Å². The summed E-state index contributed by atoms with van der Waals surface area (Å²) in [5.74, 6) is -1.88. The number of carbonyl (C=O) groups excluding carboxylic acids is 2. The topological polar surface area (TPSA) is 92.0 Å². The quantitative estimate of drug-likeness (QED) is 0.225. The smallest absolute Gasteiger partial charge is 0.383 e. The summed E-state index contributed by atoms with van der Waals surface area (Å²) in [6.07, 6.45) is 5.60. The molecule has 0 fully saturated rings. The third-order valence-corrected chi connectivity index (χ3v) is 4.20. The fraction of sp³-hybridized carbons (Fsp3) is 0.208. The molecule has 0 radical (unpaired) electrons. The van der Waals surface area contributed by atoms with Crippen LogP contribution < -0.4 is 19.8 Å². The average molecular weight is 422 g/mol. The molecule has 31 heavy (non-hydrogen) atoms. The van der Waals surface area contributed by atoms with Crippen LogP contribution in [0.2, 0.25) is 0 Å². The molecule has 0 bridgehead atoms. The van der Waals surface area contributed by atoms with Crippen LogP contribution in [0.3, 0.4) is 0 Å². The Hall–Kier alpha value is -3.87. The molecule has 3 aromatic rings. The first kappa shape index (κ1) is 21.8. The van der Waals surface area contributed by atoms with E-state index in [9.17, 15) is 14.4 Å². The highest BCUT2D eigenvalue weighted by Gasteiger charge is 2.25. The summed E-state index contributed by atoms with van der Waals surface area (Å²) in [5, 5.41) is 0.224. The Morgan fingerprint density at radius 2 is 1.74 bits per heavy atom. The summed E-state index contributed by atoms with van der Waals surface area (Å²) in [4.78, 5) is 36.8. The molecule has 0 aliphatic rings. The first-order chi connectivity index (χ1) is 15.0. The fourth-order valence-corrected chi connectivity index (χ4v) is 2.87. The van der Waals surface area contributed by atoms with Crippen LogP contribution >= 0.6 is 0 Å². The van der Waals surface area contributed by atoms with E-state index in [2.05, 4.69) is 0 Å². The molecule has 1 aromatic heterocycles. The maximum absolute atomic E-state index is 12.7. The van der Waals surface area contributed by atoms with Crippen LogP contribution in [0.15, 0.2) is 69.9 Å². The van der Waals surface area contributed by atoms with Gasteiger partial charge in [-0.15, -0.1) is 0 Å². The Labute approximate surface area is 178 Å². The van der Waals surface area contributed by atoms with Gasteiger partial charge in [-0.05, 0) is 37.1 Å². The predicted molar refractivity (Wildman–Crippen MR) is 115 cm³/mol. The number of esters is 2. The van der Waals surface area contributed by atoms with E-state index < -0.39 is 23.3 Å². The van der Waals surface area contributed by atoms with Crippen LogP contribution in [0, 0.1) is 0 Å². The summed E-state index contributed by atoms with van der Waals surface area (Å²) in [6.45, 7) is 3.52. The number of hydrogen-bond acceptors (Lipinski definition) is 7. The van der Waals surface area contributed by atoms with Gasteiger partial charge in [0.05, 0.1) is 12.2 Å². The Kier molecular flexibility index (Phi) is 7.22. The van der Waals surface area contributed by atoms with Gasteiger partial charge < -0.3 is 18.6 Å². The van der Waals surface area contributed by atoms with Gasteiger partial charge in [0.2, 0.25) is 0 Å². The highest BCUT2D eigenvalue weighted by molar-refractivity contribution is 5.97. The molecule has 0 spiro atoms. The number of ether oxygens (including phenoxy) is 3. The van der Waals surface area contributed by atoms with E-state index in [0.29, 0.717) is 18.8 Å². The fourth-order valence-electron chi connectivity index (χ4n) is 2.87. The van der Waals surface area contributed by atoms with E-state index >= 15 is 0 Å². The molecule has 3 rings (SSSR count). The van der Waals surface area contributed by atoms with Gasteiger partial charge in [-0.25, -0.2) is 9.59 Å². The van der Waals surface area contributed by atoms with Crippen molar-refractivity contribution >= 4 is 22.9 Å². The maximum atomic E-state index is 12.7. The molecule has 0 aliphatic heterocycles. The molecule has 0 N–H and O–H groups in total. The molecule has 7 nitrogen and oxygen atoms in total. The van der Waals surface area contributed by atoms with Crippen LogP contribution in [0.25, 0.3) is 11.0 Å². The van der Waals surface area contributed by atoms with Crippen molar-refractivity contribution in [2.24, 2.45) is 0 Å². The second-order valence-electron chi connectivity index (χ2n) is 6.54. The lowest BCUT2D eigenvalue weighted by atomic mass is 10.2. The Morgan fingerprint density at radius 3 is 2.45 bits per heavy atom. The summed E-state index contributed by atoms with van der Waals surface area (Å²) in [6, 6.07) is 13.1. The van der Waals surface area contributed by atoms with Crippen LogP contribution in [-0.4, -0.2) is 18.5 Å². The Balaban J connectivity index is 2.09. The van der Waals surface area contributed by atoms with Crippen LogP contribution in [-0.2, 0) is 4.79 Å². The van der Waals surface area contributed by atoms with Crippen LogP contribution in [0.1, 0.15) is 37.0 Å². The molecule has 2 aromatic carbocycles. The number of hydrogen-bond donors (Lipinski definition) is 0. The van der Waals surface area contributed by atoms with E-state index in [1.807, 2.05) is 19.1 Å². The largest absolute Gasteiger partial charge is 0.492 e. The predicted octanol–water partition coefficient (Wildman–Crippen LogP) is 4.67. The number of carbonyl (C=O) groups is 2. The van der Waals surface area contributed by atoms with Crippen LogP contribution in [0.4, 0.5) is 0 Å². The Bertz CT molecular complexity index is 1160. The molecular weight excluding hydrogens is 400 g/mol. The van der Waals surface area contributed by atoms with E-state index in [1.54, 1.807) is 42.5 Å². The van der Waals surface area contributed by atoms with Crippen molar-refractivity contribution in [3.8, 4) is 17.2 Å². The van der Waals surface area contributed by atoms with Gasteiger partial charge in [0.15, 0.2) is 5.75 Å². The molecule has 0 amide bonds. The van der Waals surface area contributed by atoms with Gasteiger partial charge in [-0.1, -0.05) is 43.3 Å². The highest BCUT2D eigenvalue weighted by atomic mass is 16.6. The molecule has 0 aliphatic carbocycles. The second-order valence-corrected chi connectivity index (χ2v) is 6.54. The zero-order valence-electron chi connectivity index (χ0n) is 17.3. The van der Waals surface area contributed by atoms with Gasteiger partial charge in [0, 0.05) is 6.92 Å². The van der Waals surface area contributed by atoms with E-state index in [4.69, 9.17) is 18.6 Å². The van der Waals surface area contributed by atoms with Crippen molar-refractivity contribution < 1.29 is 28.2 Å². The minimum atomic E-state index is -0.943. The van der Waals surface area contributed by atoms with Gasteiger partial charge in [-0.2, -0.15) is 0 Å². The van der Waals surface area contributed by atoms with E-state index in [-0.39, 0.29) is 22.3 Å². The molecule has 0 saturated heterocycles. The zero-order chi connectivity index (χ0) is 22.2. The molecule has 0 unspecified atom stereocenters. The minimum absolute atomic E-state index is 0.137. The summed E-state index contributed by atoms with van der Waals surface area (Å²) < 4.78 is 21.7. The third kappa shape index (κ3) is 5.39. The first-order valence-electron chi connectivity index (χ1n) is 9.84. The molecule has 7 heteroatoms. The summed E-state index contributed by atoms with van der Waals surface area (Å²) in [5.41, 5.74) is -0.541. The van der Waals surface area contributed by atoms with Crippen LogP contribution in [0.5, 0.6) is 17.2 Å². The zero-order valence-corrected chi connectivity index (χ0v) is 17.3. The molecule has 1 heterocycles. The standard InChI is InChI=1S/C24H22O7/c1-3-4-5-9-15-28-18-13-10-14-19-20(18)21(22(24(27)30-19)29-16(2)25)31-23(26)17-11-7-6-8-12-17/h4-8,10-14H,3,9,15H2,1-2H3. The molecule has 0 saturated carbocycles. The third-order valence-electron chi connectivity index (χ3n) is 4.20. The lowest BCUT2D eigenvalue weighted by Crippen LogP contribution is -2.16. The average Bonchev–Trinajstić information content (AvgIpc) is 2.76. The van der Waals surface area contributed by atoms with Gasteiger partial charge in [0.1, 0.15) is 16.7 Å². The van der Waals surface area contributed by atoms with Crippen molar-refractivity contribution in [1.29, 1.82) is 0 Å². The number of allylic oxidation sites excluding steroid dienone is 1. The molecule has 160 valence electrons. The highest BCUT2D eigenvalue weighted by Crippen LogP contribution is 2.39. The molecular formula is C24H22O7.